The van der Waals surface area contributed by atoms with Crippen LogP contribution in [0.5, 0.6) is 11.6 Å². The van der Waals surface area contributed by atoms with Crippen molar-refractivity contribution in [2.75, 3.05) is 0 Å². The lowest BCUT2D eigenvalue weighted by molar-refractivity contribution is 0.460. The molecule has 0 amide bonds. The third-order valence-electron chi connectivity index (χ3n) is 3.22. The van der Waals surface area contributed by atoms with E-state index in [9.17, 15) is 0 Å². The molecule has 0 unspecified atom stereocenters. The van der Waals surface area contributed by atoms with Gasteiger partial charge < -0.3 is 10.1 Å². The van der Waals surface area contributed by atoms with E-state index in [0.717, 1.165) is 18.7 Å². The zero-order valence-electron chi connectivity index (χ0n) is 11.3. The number of halogens is 1. The molecule has 1 aliphatic carbocycles. The molecule has 0 aromatic carbocycles. The van der Waals surface area contributed by atoms with E-state index in [2.05, 4.69) is 15.4 Å². The van der Waals surface area contributed by atoms with Gasteiger partial charge in [-0.3, -0.25) is 4.68 Å². The summed E-state index contributed by atoms with van der Waals surface area (Å²) in [6.45, 7) is 3.59. The molecular weight excluding hydrogens is 276 g/mol. The Morgan fingerprint density at radius 3 is 3.00 bits per heavy atom. The third-order valence-corrected chi connectivity index (χ3v) is 3.56. The first-order valence-electron chi connectivity index (χ1n) is 6.82. The molecule has 0 aliphatic heterocycles. The normalized spacial score (nSPS) is 14.5. The van der Waals surface area contributed by atoms with Crippen LogP contribution in [-0.4, -0.2) is 20.8 Å². The van der Waals surface area contributed by atoms with E-state index in [-0.39, 0.29) is 0 Å². The fourth-order valence-electron chi connectivity index (χ4n) is 1.88. The highest BCUT2D eigenvalue weighted by Gasteiger charge is 2.20. The Morgan fingerprint density at radius 2 is 2.30 bits per heavy atom. The van der Waals surface area contributed by atoms with E-state index >= 15 is 0 Å². The Balaban J connectivity index is 1.70. The highest BCUT2D eigenvalue weighted by atomic mass is 35.5. The van der Waals surface area contributed by atoms with Crippen LogP contribution >= 0.6 is 11.6 Å². The Bertz CT molecular complexity index is 595. The first kappa shape index (κ1) is 13.4. The summed E-state index contributed by atoms with van der Waals surface area (Å²) in [5, 5.41) is 8.26. The molecular formula is C14H17ClN4O. The standard InChI is InChI=1S/C14H17ClN4O/c1-2-19-9-12(7-18-19)20-14-5-10(13(15)8-17-14)6-16-11-3-4-11/h5,7-9,11,16H,2-4,6H2,1H3. The van der Waals surface area contributed by atoms with Crippen LogP contribution in [0, 0.1) is 0 Å². The summed E-state index contributed by atoms with van der Waals surface area (Å²) < 4.78 is 7.50. The molecule has 1 saturated carbocycles. The number of nitrogens with one attached hydrogen (secondary N) is 1. The van der Waals surface area contributed by atoms with Gasteiger partial charge in [0.15, 0.2) is 5.75 Å². The van der Waals surface area contributed by atoms with E-state index in [1.807, 2.05) is 19.2 Å². The van der Waals surface area contributed by atoms with Gasteiger partial charge in [0.1, 0.15) is 0 Å². The number of rotatable bonds is 6. The van der Waals surface area contributed by atoms with E-state index in [1.165, 1.54) is 12.8 Å². The lowest BCUT2D eigenvalue weighted by atomic mass is 10.2. The lowest BCUT2D eigenvalue weighted by Crippen LogP contribution is -2.15. The topological polar surface area (TPSA) is 52.0 Å². The molecule has 0 saturated heterocycles. The average Bonchev–Trinajstić information content (AvgIpc) is 3.18. The van der Waals surface area contributed by atoms with Gasteiger partial charge in [-0.25, -0.2) is 4.98 Å². The molecule has 6 heteroatoms. The molecule has 0 radical (unpaired) electrons. The van der Waals surface area contributed by atoms with E-state index < -0.39 is 0 Å². The molecule has 106 valence electrons. The van der Waals surface area contributed by atoms with Crippen LogP contribution in [0.1, 0.15) is 25.3 Å². The highest BCUT2D eigenvalue weighted by Crippen LogP contribution is 2.25. The first-order chi connectivity index (χ1) is 9.74. The second-order valence-electron chi connectivity index (χ2n) is 4.90. The minimum atomic E-state index is 0.539. The van der Waals surface area contributed by atoms with Crippen LogP contribution in [0.3, 0.4) is 0 Å². The van der Waals surface area contributed by atoms with Crippen molar-refractivity contribution in [3.8, 4) is 11.6 Å². The molecule has 3 rings (SSSR count). The van der Waals surface area contributed by atoms with Crippen LogP contribution in [0.4, 0.5) is 0 Å². The maximum atomic E-state index is 6.16. The van der Waals surface area contributed by atoms with Gasteiger partial charge in [-0.15, -0.1) is 0 Å². The van der Waals surface area contributed by atoms with Gasteiger partial charge in [-0.1, -0.05) is 11.6 Å². The fourth-order valence-corrected chi connectivity index (χ4v) is 2.05. The van der Waals surface area contributed by atoms with Gasteiger partial charge in [0.05, 0.1) is 17.4 Å². The van der Waals surface area contributed by atoms with Crippen molar-refractivity contribution in [2.45, 2.75) is 38.9 Å². The molecule has 0 atom stereocenters. The van der Waals surface area contributed by atoms with E-state index in [4.69, 9.17) is 16.3 Å². The fraction of sp³-hybridized carbons (Fsp3) is 0.429. The number of hydrogen-bond donors (Lipinski definition) is 1. The summed E-state index contributed by atoms with van der Waals surface area (Å²) in [4.78, 5) is 4.19. The van der Waals surface area contributed by atoms with Gasteiger partial charge in [0.25, 0.3) is 0 Å². The number of pyridine rings is 1. The number of hydrogen-bond acceptors (Lipinski definition) is 4. The summed E-state index contributed by atoms with van der Waals surface area (Å²) in [6.07, 6.45) is 7.66. The molecule has 5 nitrogen and oxygen atoms in total. The molecule has 2 heterocycles. The number of ether oxygens (including phenoxy) is 1. The molecule has 0 spiro atoms. The van der Waals surface area contributed by atoms with Crippen molar-refractivity contribution in [3.05, 3.63) is 35.2 Å². The Hall–Kier alpha value is -1.59. The zero-order valence-corrected chi connectivity index (χ0v) is 12.1. The maximum absolute atomic E-state index is 6.16. The van der Waals surface area contributed by atoms with Gasteiger partial charge >= 0.3 is 0 Å². The van der Waals surface area contributed by atoms with Crippen LogP contribution in [-0.2, 0) is 13.1 Å². The van der Waals surface area contributed by atoms with Crippen molar-refractivity contribution in [3.63, 3.8) is 0 Å². The van der Waals surface area contributed by atoms with Crippen LogP contribution in [0.25, 0.3) is 0 Å². The molecule has 20 heavy (non-hydrogen) atoms. The first-order valence-corrected chi connectivity index (χ1v) is 7.20. The van der Waals surface area contributed by atoms with Crippen molar-refractivity contribution >= 4 is 11.6 Å². The van der Waals surface area contributed by atoms with Gasteiger partial charge in [-0.2, -0.15) is 5.10 Å². The number of nitrogens with zero attached hydrogens (tertiary/aromatic N) is 3. The Morgan fingerprint density at radius 1 is 1.45 bits per heavy atom. The Labute approximate surface area is 122 Å². The number of aromatic nitrogens is 3. The zero-order chi connectivity index (χ0) is 13.9. The maximum Gasteiger partial charge on any atom is 0.219 e. The average molecular weight is 293 g/mol. The van der Waals surface area contributed by atoms with Crippen molar-refractivity contribution in [1.29, 1.82) is 0 Å². The monoisotopic (exact) mass is 292 g/mol. The van der Waals surface area contributed by atoms with Crippen molar-refractivity contribution in [1.82, 2.24) is 20.1 Å². The molecule has 0 bridgehead atoms. The second-order valence-corrected chi connectivity index (χ2v) is 5.31. The van der Waals surface area contributed by atoms with E-state index in [0.29, 0.717) is 22.7 Å². The smallest absolute Gasteiger partial charge is 0.219 e. The minimum Gasteiger partial charge on any atom is -0.436 e. The van der Waals surface area contributed by atoms with Crippen LogP contribution in [0.2, 0.25) is 5.02 Å². The molecule has 2 aromatic heterocycles. The van der Waals surface area contributed by atoms with Crippen LogP contribution < -0.4 is 10.1 Å². The summed E-state index contributed by atoms with van der Waals surface area (Å²) >= 11 is 6.16. The predicted octanol–water partition coefficient (Wildman–Crippen LogP) is 3.00. The SMILES string of the molecule is CCn1cc(Oc2cc(CNC3CC3)c(Cl)cn2)cn1. The predicted molar refractivity (Wildman–Crippen MR) is 77.1 cm³/mol. The van der Waals surface area contributed by atoms with Gasteiger partial charge in [0.2, 0.25) is 5.88 Å². The third kappa shape index (κ3) is 3.29. The molecule has 1 N–H and O–H groups in total. The molecule has 2 aromatic rings. The lowest BCUT2D eigenvalue weighted by Gasteiger charge is -2.08. The van der Waals surface area contributed by atoms with Crippen LogP contribution in [0.15, 0.2) is 24.7 Å². The number of aryl methyl sites for hydroxylation is 1. The Kier molecular flexibility index (Phi) is 3.89. The largest absolute Gasteiger partial charge is 0.436 e. The summed E-state index contributed by atoms with van der Waals surface area (Å²) in [5.74, 6) is 1.22. The van der Waals surface area contributed by atoms with Crippen molar-refractivity contribution < 1.29 is 4.74 Å². The summed E-state index contributed by atoms with van der Waals surface area (Å²) in [5.41, 5.74) is 1.01. The summed E-state index contributed by atoms with van der Waals surface area (Å²) in [7, 11) is 0. The molecule has 1 aliphatic rings. The quantitative estimate of drug-likeness (QED) is 0.889. The minimum absolute atomic E-state index is 0.539. The van der Waals surface area contributed by atoms with Gasteiger partial charge in [-0.05, 0) is 25.3 Å². The van der Waals surface area contributed by atoms with E-state index in [1.54, 1.807) is 17.1 Å². The molecule has 1 fully saturated rings. The second kappa shape index (κ2) is 5.81. The van der Waals surface area contributed by atoms with Gasteiger partial charge in [0, 0.05) is 31.4 Å². The van der Waals surface area contributed by atoms with Crippen molar-refractivity contribution in [2.24, 2.45) is 0 Å². The summed E-state index contributed by atoms with van der Waals surface area (Å²) in [6, 6.07) is 2.52. The highest BCUT2D eigenvalue weighted by molar-refractivity contribution is 6.31.